The van der Waals surface area contributed by atoms with Crippen LogP contribution in [0.15, 0.2) is 0 Å². The van der Waals surface area contributed by atoms with Crippen LogP contribution in [-0.4, -0.2) is 41.4 Å². The molecule has 0 aromatic carbocycles. The molecule has 151 valence electrons. The summed E-state index contributed by atoms with van der Waals surface area (Å²) in [6.45, 7) is 8.23. The molecule has 0 aliphatic heterocycles. The summed E-state index contributed by atoms with van der Waals surface area (Å²) >= 11 is 0. The van der Waals surface area contributed by atoms with E-state index < -0.39 is 24.0 Å². The highest BCUT2D eigenvalue weighted by atomic mass is 31.1. The second-order valence-corrected chi connectivity index (χ2v) is 7.60. The van der Waals surface area contributed by atoms with Gasteiger partial charge in [-0.15, -0.1) is 0 Å². The second kappa shape index (κ2) is 12.6. The quantitative estimate of drug-likeness (QED) is 0.368. The molecule has 0 aromatic rings. The minimum atomic E-state index is -4.94. The number of unbranched alkanes of at least 4 members (excludes halogenated alkanes) is 2. The third-order valence-corrected chi connectivity index (χ3v) is 5.39. The van der Waals surface area contributed by atoms with Crippen LogP contribution in [0.3, 0.4) is 0 Å². The lowest BCUT2D eigenvalue weighted by Crippen LogP contribution is -2.39. The lowest BCUT2D eigenvalue weighted by atomic mass is 9.89. The van der Waals surface area contributed by atoms with Crippen LogP contribution in [0, 0.1) is 17.2 Å². The van der Waals surface area contributed by atoms with E-state index >= 15 is 0 Å². The van der Waals surface area contributed by atoms with Gasteiger partial charge in [-0.05, 0) is 47.1 Å². The molecule has 2 unspecified atom stereocenters. The van der Waals surface area contributed by atoms with Crippen LogP contribution in [0.1, 0.15) is 59.8 Å². The van der Waals surface area contributed by atoms with Gasteiger partial charge in [0.15, 0.2) is 8.96 Å². The molecular formula is C17H30F3N3O2P. The van der Waals surface area contributed by atoms with E-state index in [-0.39, 0.29) is 24.9 Å². The first kappa shape index (κ1) is 25.3. The van der Waals surface area contributed by atoms with Gasteiger partial charge >= 0.3 is 6.18 Å². The molecule has 5 nitrogen and oxygen atoms in total. The van der Waals surface area contributed by atoms with E-state index in [1.54, 1.807) is 0 Å². The van der Waals surface area contributed by atoms with E-state index in [1.165, 1.54) is 0 Å². The molecule has 0 fully saturated rings. The van der Waals surface area contributed by atoms with E-state index in [0.29, 0.717) is 34.8 Å². The summed E-state index contributed by atoms with van der Waals surface area (Å²) in [5.41, 5.74) is 5.40. The number of nitriles is 1. The average Bonchev–Trinajstić information content (AvgIpc) is 2.52. The van der Waals surface area contributed by atoms with Gasteiger partial charge < -0.3 is 10.3 Å². The second-order valence-electron chi connectivity index (χ2n) is 6.76. The summed E-state index contributed by atoms with van der Waals surface area (Å²) in [5, 5.41) is 9.01. The minimum absolute atomic E-state index is 0.0313. The molecular weight excluding hydrogens is 366 g/mol. The summed E-state index contributed by atoms with van der Waals surface area (Å²) < 4.78 is 46.6. The van der Waals surface area contributed by atoms with Crippen LogP contribution < -0.4 is 5.73 Å². The highest BCUT2D eigenvalue weighted by Crippen LogP contribution is 2.35. The zero-order valence-corrected chi connectivity index (χ0v) is 16.8. The Labute approximate surface area is 156 Å². The lowest BCUT2D eigenvalue weighted by Gasteiger charge is -2.31. The molecule has 0 heterocycles. The van der Waals surface area contributed by atoms with Crippen molar-refractivity contribution in [3.63, 3.8) is 0 Å². The first-order valence-electron chi connectivity index (χ1n) is 8.89. The van der Waals surface area contributed by atoms with Crippen LogP contribution >= 0.6 is 8.96 Å². The number of ketones is 1. The molecule has 0 saturated heterocycles. The van der Waals surface area contributed by atoms with Crippen LogP contribution in [-0.2, 0) is 9.32 Å². The standard InChI is InChI=1S/C17H30F3N3O2P/c1-12(2)23(13(3)4)26-25-15(9-11-22)14(8-6-5-7-10-21)16(24)17(18,19)20/h12-15H,5-10,21H2,1-4H3. The highest BCUT2D eigenvalue weighted by molar-refractivity contribution is 7.29. The van der Waals surface area contributed by atoms with Gasteiger partial charge in [0.1, 0.15) is 0 Å². The van der Waals surface area contributed by atoms with Gasteiger partial charge in [-0.1, -0.05) is 12.8 Å². The van der Waals surface area contributed by atoms with Crippen molar-refractivity contribution in [1.82, 2.24) is 4.67 Å². The van der Waals surface area contributed by atoms with Crippen LogP contribution in [0.25, 0.3) is 0 Å². The SMILES string of the molecule is CC(C)N([P]OC(CC#N)C(CCCCCN)C(=O)C(F)(F)F)C(C)C. The van der Waals surface area contributed by atoms with Crippen molar-refractivity contribution in [2.75, 3.05) is 6.54 Å². The van der Waals surface area contributed by atoms with Crippen LogP contribution in [0.2, 0.25) is 0 Å². The van der Waals surface area contributed by atoms with Gasteiger partial charge in [0, 0.05) is 12.1 Å². The molecule has 9 heteroatoms. The Balaban J connectivity index is 5.23. The number of Topliss-reactive ketones (excluding diaryl/α,β-unsaturated/α-hetero) is 1. The summed E-state index contributed by atoms with van der Waals surface area (Å²) in [6.07, 6.45) is -4.51. The van der Waals surface area contributed by atoms with Gasteiger partial charge in [0.25, 0.3) is 0 Å². The number of nitrogens with two attached hydrogens (primary N) is 1. The van der Waals surface area contributed by atoms with Crippen molar-refractivity contribution in [2.45, 2.75) is 84.2 Å². The molecule has 0 saturated carbocycles. The summed E-state index contributed by atoms with van der Waals surface area (Å²) in [7, 11) is 0.360. The third kappa shape index (κ3) is 9.27. The molecule has 1 radical (unpaired) electrons. The van der Waals surface area contributed by atoms with E-state index in [2.05, 4.69) is 0 Å². The molecule has 0 aromatic heterocycles. The van der Waals surface area contributed by atoms with Gasteiger partial charge in [0.2, 0.25) is 5.78 Å². The number of hydrogen-bond donors (Lipinski definition) is 1. The highest BCUT2D eigenvalue weighted by Gasteiger charge is 2.46. The molecule has 26 heavy (non-hydrogen) atoms. The Morgan fingerprint density at radius 1 is 1.19 bits per heavy atom. The van der Waals surface area contributed by atoms with Crippen molar-refractivity contribution in [2.24, 2.45) is 11.7 Å². The molecule has 0 spiro atoms. The Kier molecular flexibility index (Phi) is 12.3. The number of rotatable bonds is 13. The minimum Gasteiger partial charge on any atom is -0.332 e. The van der Waals surface area contributed by atoms with Gasteiger partial charge in [-0.2, -0.15) is 18.4 Å². The lowest BCUT2D eigenvalue weighted by molar-refractivity contribution is -0.178. The van der Waals surface area contributed by atoms with E-state index in [1.807, 2.05) is 38.4 Å². The van der Waals surface area contributed by atoms with Crippen molar-refractivity contribution in [1.29, 1.82) is 5.26 Å². The summed E-state index contributed by atoms with van der Waals surface area (Å²) in [6, 6.07) is 2.07. The number of hydrogen-bond acceptors (Lipinski definition) is 5. The smallest absolute Gasteiger partial charge is 0.332 e. The van der Waals surface area contributed by atoms with E-state index in [0.717, 1.165) is 0 Å². The normalized spacial score (nSPS) is 15.2. The fraction of sp³-hybridized carbons (Fsp3) is 0.882. The maximum atomic E-state index is 13.0. The first-order chi connectivity index (χ1) is 12.1. The fourth-order valence-corrected chi connectivity index (χ4v) is 3.45. The number of carbonyl (C=O) groups excluding carboxylic acids is 1. The number of nitrogens with zero attached hydrogens (tertiary/aromatic N) is 2. The summed E-state index contributed by atoms with van der Waals surface area (Å²) in [4.78, 5) is 11.9. The maximum Gasteiger partial charge on any atom is 0.450 e. The zero-order chi connectivity index (χ0) is 20.3. The van der Waals surface area contributed by atoms with E-state index in [4.69, 9.17) is 15.5 Å². The van der Waals surface area contributed by atoms with Gasteiger partial charge in [-0.3, -0.25) is 4.79 Å². The van der Waals surface area contributed by atoms with E-state index in [9.17, 15) is 18.0 Å². The third-order valence-electron chi connectivity index (χ3n) is 3.91. The topological polar surface area (TPSA) is 79.3 Å². The molecule has 0 aliphatic rings. The maximum absolute atomic E-state index is 13.0. The van der Waals surface area contributed by atoms with Crippen molar-refractivity contribution >= 4 is 14.7 Å². The fourth-order valence-electron chi connectivity index (χ4n) is 2.62. The van der Waals surface area contributed by atoms with Gasteiger partial charge in [0.05, 0.1) is 24.5 Å². The first-order valence-corrected chi connectivity index (χ1v) is 9.65. The summed E-state index contributed by atoms with van der Waals surface area (Å²) in [5.74, 6) is -3.19. The molecule has 0 aliphatic carbocycles. The number of alkyl halides is 3. The van der Waals surface area contributed by atoms with Crippen molar-refractivity contribution in [3.8, 4) is 6.07 Å². The largest absolute Gasteiger partial charge is 0.450 e. The van der Waals surface area contributed by atoms with Crippen LogP contribution in [0.5, 0.6) is 0 Å². The molecule has 2 atom stereocenters. The monoisotopic (exact) mass is 396 g/mol. The van der Waals surface area contributed by atoms with Crippen molar-refractivity contribution < 1.29 is 22.5 Å². The number of carbonyl (C=O) groups is 1. The molecule has 0 rings (SSSR count). The van der Waals surface area contributed by atoms with Crippen LogP contribution in [0.4, 0.5) is 13.2 Å². The Bertz CT molecular complexity index is 446. The molecule has 2 N–H and O–H groups in total. The predicted octanol–water partition coefficient (Wildman–Crippen LogP) is 4.45. The Hall–Kier alpha value is -0.740. The Morgan fingerprint density at radius 2 is 1.77 bits per heavy atom. The predicted molar refractivity (Wildman–Crippen MR) is 96.2 cm³/mol. The Morgan fingerprint density at radius 3 is 2.19 bits per heavy atom. The average molecular weight is 396 g/mol. The van der Waals surface area contributed by atoms with Crippen molar-refractivity contribution in [3.05, 3.63) is 0 Å². The molecule has 0 amide bonds. The zero-order valence-electron chi connectivity index (χ0n) is 15.9. The van der Waals surface area contributed by atoms with Gasteiger partial charge in [-0.25, -0.2) is 4.67 Å². The number of halogens is 3. The molecule has 0 bridgehead atoms.